The van der Waals surface area contributed by atoms with Crippen LogP contribution in [0.5, 0.6) is 5.75 Å². The summed E-state index contributed by atoms with van der Waals surface area (Å²) < 4.78 is 15.9. The summed E-state index contributed by atoms with van der Waals surface area (Å²) in [6, 6.07) is 8.79. The Morgan fingerprint density at radius 1 is 1.05 bits per heavy atom. The fraction of sp³-hybridized carbons (Fsp3) is 0.625. The highest BCUT2D eigenvalue weighted by atomic mass is 16.7. The molecule has 4 nitrogen and oxygen atoms in total. The number of hydrogen-bond acceptors (Lipinski definition) is 4. The second-order valence-corrected chi connectivity index (χ2v) is 5.38. The van der Waals surface area contributed by atoms with Gasteiger partial charge in [-0.1, -0.05) is 12.1 Å². The smallest absolute Gasteiger partial charge is 0.171 e. The van der Waals surface area contributed by atoms with Crippen LogP contribution in [0.4, 0.5) is 0 Å². The van der Waals surface area contributed by atoms with Gasteiger partial charge in [0, 0.05) is 20.3 Å². The summed E-state index contributed by atoms with van der Waals surface area (Å²) in [5, 5.41) is 3.64. The van der Waals surface area contributed by atoms with Crippen LogP contribution in [-0.4, -0.2) is 33.7 Å². The molecule has 0 heterocycles. The largest absolute Gasteiger partial charge is 0.497 e. The van der Waals surface area contributed by atoms with Crippen molar-refractivity contribution in [3.05, 3.63) is 29.8 Å². The first-order chi connectivity index (χ1) is 9.69. The van der Waals surface area contributed by atoms with E-state index in [2.05, 4.69) is 24.4 Å². The summed E-state index contributed by atoms with van der Waals surface area (Å²) in [6.45, 7) is 2.09. The fourth-order valence-electron chi connectivity index (χ4n) is 2.61. The first kappa shape index (κ1) is 15.3. The van der Waals surface area contributed by atoms with Gasteiger partial charge in [-0.2, -0.15) is 0 Å². The van der Waals surface area contributed by atoms with Crippen LogP contribution in [0.1, 0.15) is 31.4 Å². The lowest BCUT2D eigenvalue weighted by Gasteiger charge is -2.28. The molecule has 20 heavy (non-hydrogen) atoms. The van der Waals surface area contributed by atoms with E-state index >= 15 is 0 Å². The van der Waals surface area contributed by atoms with Gasteiger partial charge in [0.05, 0.1) is 13.2 Å². The van der Waals surface area contributed by atoms with Crippen LogP contribution < -0.4 is 10.1 Å². The average molecular weight is 279 g/mol. The summed E-state index contributed by atoms with van der Waals surface area (Å²) in [4.78, 5) is 0. The van der Waals surface area contributed by atoms with Crippen molar-refractivity contribution in [2.24, 2.45) is 5.92 Å². The van der Waals surface area contributed by atoms with Crippen molar-refractivity contribution in [2.75, 3.05) is 21.3 Å². The van der Waals surface area contributed by atoms with E-state index in [1.807, 2.05) is 12.1 Å². The zero-order chi connectivity index (χ0) is 14.5. The van der Waals surface area contributed by atoms with Crippen LogP contribution in [0.25, 0.3) is 0 Å². The van der Waals surface area contributed by atoms with Crippen LogP contribution >= 0.6 is 0 Å². The third kappa shape index (κ3) is 3.72. The molecule has 1 aromatic rings. The van der Waals surface area contributed by atoms with Crippen molar-refractivity contribution in [2.45, 2.75) is 38.1 Å². The van der Waals surface area contributed by atoms with Gasteiger partial charge in [-0.3, -0.25) is 0 Å². The monoisotopic (exact) mass is 279 g/mol. The molecule has 2 unspecified atom stereocenters. The fourth-order valence-corrected chi connectivity index (χ4v) is 2.61. The van der Waals surface area contributed by atoms with Gasteiger partial charge in [0.2, 0.25) is 0 Å². The summed E-state index contributed by atoms with van der Waals surface area (Å²) in [5.74, 6) is 1.60. The van der Waals surface area contributed by atoms with Gasteiger partial charge >= 0.3 is 0 Å². The lowest BCUT2D eigenvalue weighted by molar-refractivity contribution is -0.121. The molecule has 1 fully saturated rings. The van der Waals surface area contributed by atoms with Crippen LogP contribution in [0, 0.1) is 5.92 Å². The van der Waals surface area contributed by atoms with E-state index in [-0.39, 0.29) is 12.3 Å². The second-order valence-electron chi connectivity index (χ2n) is 5.38. The number of methoxy groups -OCH3 is 3. The SMILES string of the molecule is COc1ccc(C(NC(C)C(OC)OC)C2CC2)cc1. The van der Waals surface area contributed by atoms with E-state index in [0.29, 0.717) is 12.0 Å². The average Bonchev–Trinajstić information content (AvgIpc) is 3.31. The van der Waals surface area contributed by atoms with Gasteiger partial charge in [-0.15, -0.1) is 0 Å². The minimum absolute atomic E-state index is 0.137. The van der Waals surface area contributed by atoms with Crippen LogP contribution in [-0.2, 0) is 9.47 Å². The Labute approximate surface area is 121 Å². The van der Waals surface area contributed by atoms with Crippen LogP contribution in [0.15, 0.2) is 24.3 Å². The number of rotatable bonds is 8. The van der Waals surface area contributed by atoms with Gasteiger partial charge in [0.1, 0.15) is 5.75 Å². The molecule has 112 valence electrons. The molecule has 0 amide bonds. The van der Waals surface area contributed by atoms with E-state index in [1.54, 1.807) is 21.3 Å². The lowest BCUT2D eigenvalue weighted by atomic mass is 10.0. The van der Waals surface area contributed by atoms with Gasteiger partial charge in [-0.25, -0.2) is 0 Å². The predicted octanol–water partition coefficient (Wildman–Crippen LogP) is 2.74. The highest BCUT2D eigenvalue weighted by Gasteiger charge is 2.34. The molecule has 0 spiro atoms. The van der Waals surface area contributed by atoms with Crippen molar-refractivity contribution in [3.8, 4) is 5.75 Å². The molecule has 2 rings (SSSR count). The highest BCUT2D eigenvalue weighted by molar-refractivity contribution is 5.30. The van der Waals surface area contributed by atoms with E-state index in [4.69, 9.17) is 14.2 Å². The van der Waals surface area contributed by atoms with Gasteiger partial charge < -0.3 is 19.5 Å². The van der Waals surface area contributed by atoms with E-state index in [0.717, 1.165) is 5.75 Å². The lowest BCUT2D eigenvalue weighted by Crippen LogP contribution is -2.42. The zero-order valence-electron chi connectivity index (χ0n) is 12.8. The van der Waals surface area contributed by atoms with Crippen LogP contribution in [0.2, 0.25) is 0 Å². The van der Waals surface area contributed by atoms with E-state index in [1.165, 1.54) is 18.4 Å². The minimum atomic E-state index is -0.227. The summed E-state index contributed by atoms with van der Waals surface area (Å²) in [6.07, 6.45) is 2.33. The topological polar surface area (TPSA) is 39.7 Å². The molecular formula is C16H25NO3. The normalized spacial score (nSPS) is 18.1. The second kappa shape index (κ2) is 7.07. The number of benzene rings is 1. The molecule has 1 saturated carbocycles. The van der Waals surface area contributed by atoms with Crippen molar-refractivity contribution in [3.63, 3.8) is 0 Å². The number of hydrogen-bond donors (Lipinski definition) is 1. The van der Waals surface area contributed by atoms with Crippen LogP contribution in [0.3, 0.4) is 0 Å². The van der Waals surface area contributed by atoms with Crippen molar-refractivity contribution >= 4 is 0 Å². The maximum Gasteiger partial charge on any atom is 0.171 e. The van der Waals surface area contributed by atoms with Gasteiger partial charge in [0.15, 0.2) is 6.29 Å². The molecule has 0 aliphatic heterocycles. The Morgan fingerprint density at radius 3 is 2.10 bits per heavy atom. The maximum absolute atomic E-state index is 5.33. The molecule has 1 aromatic carbocycles. The third-order valence-corrected chi connectivity index (χ3v) is 3.88. The van der Waals surface area contributed by atoms with Crippen molar-refractivity contribution in [1.29, 1.82) is 0 Å². The summed E-state index contributed by atoms with van der Waals surface area (Å²) >= 11 is 0. The predicted molar refractivity (Wildman–Crippen MR) is 78.9 cm³/mol. The quantitative estimate of drug-likeness (QED) is 0.743. The first-order valence-electron chi connectivity index (χ1n) is 7.15. The molecule has 0 radical (unpaired) electrons. The Hall–Kier alpha value is -1.10. The summed E-state index contributed by atoms with van der Waals surface area (Å²) in [5.41, 5.74) is 1.30. The molecule has 1 aliphatic rings. The number of nitrogens with one attached hydrogen (secondary N) is 1. The Balaban J connectivity index is 2.06. The molecular weight excluding hydrogens is 254 g/mol. The Morgan fingerprint density at radius 2 is 1.65 bits per heavy atom. The molecule has 1 aliphatic carbocycles. The molecule has 4 heteroatoms. The standard InChI is InChI=1S/C16H25NO3/c1-11(16(19-3)20-4)17-15(12-5-6-12)13-7-9-14(18-2)10-8-13/h7-12,15-17H,5-6H2,1-4H3. The first-order valence-corrected chi connectivity index (χ1v) is 7.15. The third-order valence-electron chi connectivity index (χ3n) is 3.88. The Kier molecular flexibility index (Phi) is 5.40. The van der Waals surface area contributed by atoms with Crippen molar-refractivity contribution in [1.82, 2.24) is 5.32 Å². The zero-order valence-corrected chi connectivity index (χ0v) is 12.8. The van der Waals surface area contributed by atoms with Gasteiger partial charge in [-0.05, 0) is 43.4 Å². The van der Waals surface area contributed by atoms with Crippen molar-refractivity contribution < 1.29 is 14.2 Å². The molecule has 0 bridgehead atoms. The van der Waals surface area contributed by atoms with E-state index < -0.39 is 0 Å². The van der Waals surface area contributed by atoms with Gasteiger partial charge in [0.25, 0.3) is 0 Å². The van der Waals surface area contributed by atoms with E-state index in [9.17, 15) is 0 Å². The maximum atomic E-state index is 5.33. The number of ether oxygens (including phenoxy) is 3. The molecule has 0 saturated heterocycles. The molecule has 2 atom stereocenters. The molecule has 1 N–H and O–H groups in total. The minimum Gasteiger partial charge on any atom is -0.497 e. The Bertz CT molecular complexity index is 399. The highest BCUT2D eigenvalue weighted by Crippen LogP contribution is 2.41. The summed E-state index contributed by atoms with van der Waals surface area (Å²) in [7, 11) is 5.03. The molecule has 0 aromatic heterocycles.